The van der Waals surface area contributed by atoms with Crippen LogP contribution in [0.2, 0.25) is 5.02 Å². The van der Waals surface area contributed by atoms with Gasteiger partial charge < -0.3 is 10.1 Å². The van der Waals surface area contributed by atoms with E-state index in [-0.39, 0.29) is 5.69 Å². The largest absolute Gasteiger partial charge is 0.479 e. The second kappa shape index (κ2) is 7.55. The number of ether oxygens (including phenoxy) is 1. The van der Waals surface area contributed by atoms with Crippen molar-refractivity contribution >= 4 is 38.9 Å². The van der Waals surface area contributed by atoms with E-state index in [9.17, 15) is 13.2 Å². The van der Waals surface area contributed by atoms with Crippen LogP contribution in [0.1, 0.15) is 6.92 Å². The van der Waals surface area contributed by atoms with Gasteiger partial charge in [-0.1, -0.05) is 35.9 Å². The van der Waals surface area contributed by atoms with Crippen molar-refractivity contribution in [3.63, 3.8) is 0 Å². The molecule has 8 heteroatoms. The maximum Gasteiger partial charge on any atom is 0.265 e. The molecule has 0 saturated carbocycles. The lowest BCUT2D eigenvalue weighted by molar-refractivity contribution is -0.122. The van der Waals surface area contributed by atoms with Crippen LogP contribution in [0.4, 0.5) is 11.4 Å². The quantitative estimate of drug-likeness (QED) is 0.820. The summed E-state index contributed by atoms with van der Waals surface area (Å²) in [5, 5.41) is 3.04. The maximum absolute atomic E-state index is 12.3. The fourth-order valence-electron chi connectivity index (χ4n) is 1.90. The van der Waals surface area contributed by atoms with Crippen LogP contribution in [0.25, 0.3) is 0 Å². The van der Waals surface area contributed by atoms with Crippen molar-refractivity contribution in [2.24, 2.45) is 0 Å². The second-order valence-corrected chi connectivity index (χ2v) is 7.26. The third-order valence-corrected chi connectivity index (χ3v) is 3.89. The zero-order chi connectivity index (χ0) is 17.7. The smallest absolute Gasteiger partial charge is 0.265 e. The van der Waals surface area contributed by atoms with Gasteiger partial charge in [0.25, 0.3) is 5.91 Å². The third-order valence-electron chi connectivity index (χ3n) is 2.99. The summed E-state index contributed by atoms with van der Waals surface area (Å²) in [5.74, 6) is -0.0398. The Kier molecular flexibility index (Phi) is 5.69. The predicted molar refractivity (Wildman–Crippen MR) is 95.1 cm³/mol. The van der Waals surface area contributed by atoms with E-state index in [0.717, 1.165) is 6.26 Å². The lowest BCUT2D eigenvalue weighted by atomic mass is 10.2. The summed E-state index contributed by atoms with van der Waals surface area (Å²) in [4.78, 5) is 12.3. The first-order chi connectivity index (χ1) is 11.3. The van der Waals surface area contributed by atoms with Crippen LogP contribution >= 0.6 is 11.6 Å². The van der Waals surface area contributed by atoms with E-state index in [4.69, 9.17) is 16.3 Å². The van der Waals surface area contributed by atoms with Gasteiger partial charge in [0.05, 0.1) is 22.7 Å². The van der Waals surface area contributed by atoms with Crippen molar-refractivity contribution in [3.05, 3.63) is 53.6 Å². The number of amides is 1. The third kappa shape index (κ3) is 5.14. The Hall–Kier alpha value is -2.25. The molecule has 0 aliphatic rings. The van der Waals surface area contributed by atoms with Gasteiger partial charge in [-0.05, 0) is 31.2 Å². The van der Waals surface area contributed by atoms with Gasteiger partial charge in [-0.2, -0.15) is 0 Å². The van der Waals surface area contributed by atoms with E-state index < -0.39 is 22.0 Å². The zero-order valence-corrected chi connectivity index (χ0v) is 14.7. The van der Waals surface area contributed by atoms with Gasteiger partial charge >= 0.3 is 0 Å². The summed E-state index contributed by atoms with van der Waals surface area (Å²) in [5.41, 5.74) is 0.612. The molecule has 2 N–H and O–H groups in total. The van der Waals surface area contributed by atoms with Crippen LogP contribution in [0.15, 0.2) is 48.5 Å². The lowest BCUT2D eigenvalue weighted by Gasteiger charge is -2.17. The highest BCUT2D eigenvalue weighted by Gasteiger charge is 2.18. The van der Waals surface area contributed by atoms with Crippen molar-refractivity contribution < 1.29 is 17.9 Å². The number of para-hydroxylation sites is 3. The summed E-state index contributed by atoms with van der Waals surface area (Å²) in [6.45, 7) is 1.57. The molecule has 0 bridgehead atoms. The molecule has 0 radical (unpaired) electrons. The molecule has 1 amide bonds. The second-order valence-electron chi connectivity index (χ2n) is 5.10. The standard InChI is InChI=1S/C16H17ClN2O4S/c1-11(23-15-10-6-3-7-12(15)17)16(20)18-13-8-4-5-9-14(13)19-24(2,21)22/h3-11,19H,1-2H3,(H,18,20)/t11-/m0/s1. The number of nitrogens with one attached hydrogen (secondary N) is 2. The van der Waals surface area contributed by atoms with Gasteiger partial charge in [-0.3, -0.25) is 9.52 Å². The molecular weight excluding hydrogens is 352 g/mol. The van der Waals surface area contributed by atoms with Crippen LogP contribution in [0.3, 0.4) is 0 Å². The number of benzene rings is 2. The minimum Gasteiger partial charge on any atom is -0.479 e. The Morgan fingerprint density at radius 2 is 1.67 bits per heavy atom. The molecule has 0 heterocycles. The minimum atomic E-state index is -3.46. The van der Waals surface area contributed by atoms with Gasteiger partial charge in [-0.25, -0.2) is 8.42 Å². The molecule has 2 rings (SSSR count). The summed E-state index contributed by atoms with van der Waals surface area (Å²) < 4.78 is 30.7. The van der Waals surface area contributed by atoms with E-state index >= 15 is 0 Å². The summed E-state index contributed by atoms with van der Waals surface area (Å²) >= 11 is 6.00. The fourth-order valence-corrected chi connectivity index (χ4v) is 2.66. The van der Waals surface area contributed by atoms with Crippen molar-refractivity contribution in [1.82, 2.24) is 0 Å². The molecule has 24 heavy (non-hydrogen) atoms. The molecule has 0 spiro atoms. The molecule has 6 nitrogen and oxygen atoms in total. The predicted octanol–water partition coefficient (Wildman–Crippen LogP) is 3.12. The first-order valence-electron chi connectivity index (χ1n) is 7.05. The minimum absolute atomic E-state index is 0.276. The summed E-state index contributed by atoms with van der Waals surface area (Å²) in [7, 11) is -3.46. The SMILES string of the molecule is C[C@H](Oc1ccccc1Cl)C(=O)Nc1ccccc1NS(C)(=O)=O. The van der Waals surface area contributed by atoms with E-state index in [0.29, 0.717) is 16.5 Å². The Balaban J connectivity index is 2.11. The Labute approximate surface area is 145 Å². The topological polar surface area (TPSA) is 84.5 Å². The number of hydrogen-bond donors (Lipinski definition) is 2. The van der Waals surface area contributed by atoms with Gasteiger partial charge in [0, 0.05) is 0 Å². The summed E-state index contributed by atoms with van der Waals surface area (Å²) in [6.07, 6.45) is 0.213. The molecule has 2 aromatic rings. The molecule has 0 fully saturated rings. The molecule has 1 atom stereocenters. The van der Waals surface area contributed by atoms with Gasteiger partial charge in [-0.15, -0.1) is 0 Å². The molecule has 0 saturated heterocycles. The van der Waals surface area contributed by atoms with E-state index in [2.05, 4.69) is 10.0 Å². The summed E-state index contributed by atoms with van der Waals surface area (Å²) in [6, 6.07) is 13.3. The monoisotopic (exact) mass is 368 g/mol. The van der Waals surface area contributed by atoms with Crippen LogP contribution in [0, 0.1) is 0 Å². The van der Waals surface area contributed by atoms with Crippen LogP contribution in [-0.2, 0) is 14.8 Å². The van der Waals surface area contributed by atoms with Crippen molar-refractivity contribution in [3.8, 4) is 5.75 Å². The Morgan fingerprint density at radius 1 is 1.08 bits per heavy atom. The number of hydrogen-bond acceptors (Lipinski definition) is 4. The number of rotatable bonds is 6. The molecule has 0 aliphatic heterocycles. The average Bonchev–Trinajstić information content (AvgIpc) is 2.50. The number of carbonyl (C=O) groups is 1. The number of anilines is 2. The van der Waals surface area contributed by atoms with Gasteiger partial charge in [0.1, 0.15) is 5.75 Å². The van der Waals surface area contributed by atoms with E-state index in [1.165, 1.54) is 0 Å². The number of halogens is 1. The maximum atomic E-state index is 12.3. The molecule has 0 unspecified atom stereocenters. The number of carbonyl (C=O) groups excluding carboxylic acids is 1. The van der Waals surface area contributed by atoms with Crippen LogP contribution < -0.4 is 14.8 Å². The normalized spacial score (nSPS) is 12.3. The Morgan fingerprint density at radius 3 is 2.29 bits per heavy atom. The van der Waals surface area contributed by atoms with Crippen molar-refractivity contribution in [2.45, 2.75) is 13.0 Å². The molecule has 128 valence electrons. The van der Waals surface area contributed by atoms with Crippen molar-refractivity contribution in [2.75, 3.05) is 16.3 Å². The highest BCUT2D eigenvalue weighted by atomic mass is 35.5. The van der Waals surface area contributed by atoms with Crippen LogP contribution in [0.5, 0.6) is 5.75 Å². The molecule has 2 aromatic carbocycles. The zero-order valence-electron chi connectivity index (χ0n) is 13.1. The molecule has 0 aromatic heterocycles. The van der Waals surface area contributed by atoms with E-state index in [1.54, 1.807) is 55.5 Å². The highest BCUT2D eigenvalue weighted by Crippen LogP contribution is 2.25. The lowest BCUT2D eigenvalue weighted by Crippen LogP contribution is -2.30. The fraction of sp³-hybridized carbons (Fsp3) is 0.188. The first kappa shape index (κ1) is 18.1. The number of sulfonamides is 1. The molecular formula is C16H17ClN2O4S. The van der Waals surface area contributed by atoms with Crippen LogP contribution in [-0.4, -0.2) is 26.7 Å². The van der Waals surface area contributed by atoms with E-state index in [1.807, 2.05) is 0 Å². The first-order valence-corrected chi connectivity index (χ1v) is 9.32. The van der Waals surface area contributed by atoms with Gasteiger partial charge in [0.15, 0.2) is 6.10 Å². The molecule has 0 aliphatic carbocycles. The van der Waals surface area contributed by atoms with Gasteiger partial charge in [0.2, 0.25) is 10.0 Å². The average molecular weight is 369 g/mol. The Bertz CT molecular complexity index is 839. The van der Waals surface area contributed by atoms with Crippen molar-refractivity contribution in [1.29, 1.82) is 0 Å². The highest BCUT2D eigenvalue weighted by molar-refractivity contribution is 7.92.